The zero-order valence-corrected chi connectivity index (χ0v) is 18.0. The van der Waals surface area contributed by atoms with E-state index in [-0.39, 0.29) is 22.5 Å². The molecule has 7 heteroatoms. The van der Waals surface area contributed by atoms with Gasteiger partial charge in [-0.1, -0.05) is 59.6 Å². The summed E-state index contributed by atoms with van der Waals surface area (Å²) >= 11 is 12.4. The van der Waals surface area contributed by atoms with Crippen molar-refractivity contribution in [2.24, 2.45) is 0 Å². The Hall–Kier alpha value is -3.41. The third kappa shape index (κ3) is 4.24. The molecule has 4 aromatic rings. The minimum atomic E-state index is -0.403. The number of hydrogen-bond acceptors (Lipinski definition) is 3. The molecule has 0 radical (unpaired) electrons. The average Bonchev–Trinajstić information content (AvgIpc) is 2.78. The smallest absolute Gasteiger partial charge is 0.256 e. The van der Waals surface area contributed by atoms with Crippen LogP contribution in [0.3, 0.4) is 0 Å². The summed E-state index contributed by atoms with van der Waals surface area (Å²) in [5.74, 6) is -0.172. The van der Waals surface area contributed by atoms with Crippen LogP contribution in [-0.4, -0.2) is 15.7 Å². The molecule has 1 aromatic heterocycles. The lowest BCUT2D eigenvalue weighted by molar-refractivity contribution is 0.102. The molecule has 3 aromatic carbocycles. The fourth-order valence-electron chi connectivity index (χ4n) is 3.21. The van der Waals surface area contributed by atoms with Gasteiger partial charge in [0, 0.05) is 21.2 Å². The van der Waals surface area contributed by atoms with E-state index in [0.29, 0.717) is 26.9 Å². The number of hydrogen-bond donors (Lipinski definition) is 1. The minimum Gasteiger partial charge on any atom is -0.306 e. The van der Waals surface area contributed by atoms with E-state index in [0.717, 1.165) is 0 Å². The van der Waals surface area contributed by atoms with Crippen LogP contribution in [0.1, 0.15) is 16.1 Å². The number of anilines is 1. The molecule has 0 aliphatic rings. The number of nitrogens with one attached hydrogen (secondary N) is 1. The van der Waals surface area contributed by atoms with Crippen LogP contribution in [-0.2, 0) is 0 Å². The number of nitrogens with zero attached hydrogens (tertiary/aromatic N) is 2. The van der Waals surface area contributed by atoms with Gasteiger partial charge in [0.15, 0.2) is 0 Å². The Balaban J connectivity index is 1.97. The number of amides is 1. The van der Waals surface area contributed by atoms with E-state index >= 15 is 0 Å². The molecule has 5 nitrogen and oxygen atoms in total. The topological polar surface area (TPSA) is 64.0 Å². The molecule has 0 aliphatic carbocycles. The molecular weight excluding hydrogens is 433 g/mol. The lowest BCUT2D eigenvalue weighted by atomic mass is 10.0. The van der Waals surface area contributed by atoms with Gasteiger partial charge in [-0.15, -0.1) is 0 Å². The zero-order valence-electron chi connectivity index (χ0n) is 16.5. The molecule has 154 valence electrons. The van der Waals surface area contributed by atoms with Crippen molar-refractivity contribution in [3.8, 4) is 16.8 Å². The van der Waals surface area contributed by atoms with Crippen molar-refractivity contribution in [3.05, 3.63) is 110 Å². The van der Waals surface area contributed by atoms with Crippen LogP contribution in [0.5, 0.6) is 0 Å². The third-order valence-corrected chi connectivity index (χ3v) is 5.32. The van der Waals surface area contributed by atoms with Gasteiger partial charge in [0.25, 0.3) is 5.91 Å². The van der Waals surface area contributed by atoms with Gasteiger partial charge < -0.3 is 5.32 Å². The highest BCUT2D eigenvalue weighted by molar-refractivity contribution is 6.33. The zero-order chi connectivity index (χ0) is 22.0. The van der Waals surface area contributed by atoms with Gasteiger partial charge in [-0.25, -0.2) is 4.68 Å². The van der Waals surface area contributed by atoms with Crippen LogP contribution < -0.4 is 10.7 Å². The van der Waals surface area contributed by atoms with Gasteiger partial charge in [-0.2, -0.15) is 5.10 Å². The van der Waals surface area contributed by atoms with E-state index in [1.54, 1.807) is 60.1 Å². The summed E-state index contributed by atoms with van der Waals surface area (Å²) in [6.45, 7) is 1.63. The molecule has 1 N–H and O–H groups in total. The van der Waals surface area contributed by atoms with Crippen molar-refractivity contribution < 1.29 is 4.79 Å². The van der Waals surface area contributed by atoms with Gasteiger partial charge in [0.1, 0.15) is 11.5 Å². The second-order valence-electron chi connectivity index (χ2n) is 6.83. The highest BCUT2D eigenvalue weighted by Crippen LogP contribution is 2.32. The molecule has 0 saturated heterocycles. The van der Waals surface area contributed by atoms with Crippen molar-refractivity contribution in [2.45, 2.75) is 6.92 Å². The van der Waals surface area contributed by atoms with E-state index in [9.17, 15) is 9.59 Å². The normalized spacial score (nSPS) is 10.7. The van der Waals surface area contributed by atoms with Crippen LogP contribution in [0, 0.1) is 6.92 Å². The minimum absolute atomic E-state index is 0.231. The van der Waals surface area contributed by atoms with Crippen LogP contribution in [0.15, 0.2) is 83.7 Å². The number of rotatable bonds is 4. The summed E-state index contributed by atoms with van der Waals surface area (Å²) in [6.07, 6.45) is 0. The summed E-state index contributed by atoms with van der Waals surface area (Å²) in [5, 5.41) is 8.23. The quantitative estimate of drug-likeness (QED) is 0.430. The van der Waals surface area contributed by atoms with Crippen LogP contribution in [0.4, 0.5) is 5.82 Å². The van der Waals surface area contributed by atoms with Gasteiger partial charge in [-0.3, -0.25) is 9.59 Å². The fraction of sp³-hybridized carbons (Fsp3) is 0.0417. The van der Waals surface area contributed by atoms with Crippen molar-refractivity contribution in [3.63, 3.8) is 0 Å². The fourth-order valence-corrected chi connectivity index (χ4v) is 3.56. The van der Waals surface area contributed by atoms with Gasteiger partial charge in [0.05, 0.1) is 11.3 Å². The predicted octanol–water partition coefficient (Wildman–Crippen LogP) is 5.77. The molecule has 0 spiro atoms. The highest BCUT2D eigenvalue weighted by atomic mass is 35.5. The summed E-state index contributed by atoms with van der Waals surface area (Å²) in [6, 6.07) is 22.7. The number of para-hydroxylation sites is 1. The molecule has 1 amide bonds. The summed E-state index contributed by atoms with van der Waals surface area (Å²) in [5.41, 5.74) is 1.82. The van der Waals surface area contributed by atoms with Crippen LogP contribution in [0.25, 0.3) is 16.8 Å². The molecule has 0 aliphatic heterocycles. The van der Waals surface area contributed by atoms with Gasteiger partial charge in [-0.05, 0) is 49.4 Å². The first-order valence-electron chi connectivity index (χ1n) is 9.47. The number of carbonyl (C=O) groups is 1. The molecule has 1 heterocycles. The molecule has 4 rings (SSSR count). The van der Waals surface area contributed by atoms with Gasteiger partial charge >= 0.3 is 0 Å². The van der Waals surface area contributed by atoms with Gasteiger partial charge in [0.2, 0.25) is 5.43 Å². The number of carbonyl (C=O) groups excluding carboxylic acids is 1. The van der Waals surface area contributed by atoms with Crippen molar-refractivity contribution in [2.75, 3.05) is 5.32 Å². The summed E-state index contributed by atoms with van der Waals surface area (Å²) < 4.78 is 1.54. The number of halogens is 2. The first-order chi connectivity index (χ1) is 15.0. The van der Waals surface area contributed by atoms with E-state index in [4.69, 9.17) is 23.2 Å². The molecular formula is C24H17Cl2N3O2. The monoisotopic (exact) mass is 449 g/mol. The Kier molecular flexibility index (Phi) is 5.89. The molecule has 0 fully saturated rings. The van der Waals surface area contributed by atoms with E-state index in [1.165, 1.54) is 0 Å². The predicted molar refractivity (Wildman–Crippen MR) is 124 cm³/mol. The van der Waals surface area contributed by atoms with E-state index in [2.05, 4.69) is 10.4 Å². The average molecular weight is 450 g/mol. The molecule has 0 unspecified atom stereocenters. The Labute approximate surface area is 188 Å². The standard InChI is InChI=1S/C24H17Cl2N3O2/c1-15-22(30)21(19-9-5-6-10-20(19)26)23(29(28-15)18-7-3-2-4-8-18)27-24(31)16-11-13-17(25)14-12-16/h2-14H,1H3,(H,27,31). The summed E-state index contributed by atoms with van der Waals surface area (Å²) in [4.78, 5) is 26.2. The molecule has 0 atom stereocenters. The maximum Gasteiger partial charge on any atom is 0.256 e. The first kappa shape index (κ1) is 20.8. The van der Waals surface area contributed by atoms with Crippen LogP contribution in [0.2, 0.25) is 10.0 Å². The first-order valence-corrected chi connectivity index (χ1v) is 10.2. The Morgan fingerprint density at radius 2 is 1.55 bits per heavy atom. The largest absolute Gasteiger partial charge is 0.306 e. The molecule has 31 heavy (non-hydrogen) atoms. The van der Waals surface area contributed by atoms with Crippen molar-refractivity contribution in [1.29, 1.82) is 0 Å². The lowest BCUT2D eigenvalue weighted by Crippen LogP contribution is -2.25. The van der Waals surface area contributed by atoms with Crippen LogP contribution >= 0.6 is 23.2 Å². The van der Waals surface area contributed by atoms with E-state index < -0.39 is 5.91 Å². The SMILES string of the molecule is Cc1nn(-c2ccccc2)c(NC(=O)c2ccc(Cl)cc2)c(-c2ccccc2Cl)c1=O. The maximum absolute atomic E-state index is 13.2. The van der Waals surface area contributed by atoms with Crippen molar-refractivity contribution in [1.82, 2.24) is 9.78 Å². The Bertz CT molecular complexity index is 1320. The second kappa shape index (κ2) is 8.76. The lowest BCUT2D eigenvalue weighted by Gasteiger charge is -2.19. The van der Waals surface area contributed by atoms with E-state index in [1.807, 2.05) is 30.3 Å². The molecule has 0 saturated carbocycles. The number of aryl methyl sites for hydroxylation is 1. The number of benzene rings is 3. The molecule has 0 bridgehead atoms. The maximum atomic E-state index is 13.2. The number of aromatic nitrogens is 2. The Morgan fingerprint density at radius 3 is 2.23 bits per heavy atom. The third-order valence-electron chi connectivity index (χ3n) is 4.74. The summed E-state index contributed by atoms with van der Waals surface area (Å²) in [7, 11) is 0. The second-order valence-corrected chi connectivity index (χ2v) is 7.67. The highest BCUT2D eigenvalue weighted by Gasteiger charge is 2.22. The Morgan fingerprint density at radius 1 is 0.903 bits per heavy atom. The van der Waals surface area contributed by atoms with Crippen molar-refractivity contribution >= 4 is 34.9 Å².